The van der Waals surface area contributed by atoms with Crippen LogP contribution in [-0.4, -0.2) is 33.8 Å². The highest BCUT2D eigenvalue weighted by atomic mass is 19.1. The smallest absolute Gasteiger partial charge is 0.256 e. The molecule has 2 aromatic heterocycles. The van der Waals surface area contributed by atoms with Crippen molar-refractivity contribution < 1.29 is 18.3 Å². The molecule has 0 radical (unpaired) electrons. The van der Waals surface area contributed by atoms with Crippen LogP contribution in [0.5, 0.6) is 5.88 Å². The highest BCUT2D eigenvalue weighted by Crippen LogP contribution is 2.50. The minimum atomic E-state index is -0.824. The van der Waals surface area contributed by atoms with E-state index < -0.39 is 29.8 Å². The predicted octanol–water partition coefficient (Wildman–Crippen LogP) is 2.88. The van der Waals surface area contributed by atoms with Crippen molar-refractivity contribution in [3.63, 3.8) is 0 Å². The van der Waals surface area contributed by atoms with Gasteiger partial charge in [-0.1, -0.05) is 0 Å². The molecule has 2 aliphatic carbocycles. The summed E-state index contributed by atoms with van der Waals surface area (Å²) >= 11 is 0. The second-order valence-corrected chi connectivity index (χ2v) is 8.01. The normalized spacial score (nSPS) is 18.6. The molecule has 29 heavy (non-hydrogen) atoms. The number of amides is 1. The maximum Gasteiger partial charge on any atom is 0.256 e. The average molecular weight is 405 g/mol. The molecule has 9 heteroatoms. The van der Waals surface area contributed by atoms with Gasteiger partial charge in [-0.25, -0.2) is 9.37 Å². The van der Waals surface area contributed by atoms with E-state index >= 15 is 0 Å². The Labute approximate surface area is 167 Å². The number of pyridine rings is 1. The summed E-state index contributed by atoms with van der Waals surface area (Å²) in [6.07, 6.45) is 6.84. The first-order chi connectivity index (χ1) is 13.9. The number of nitrogens with zero attached hydrogens (tertiary/aromatic N) is 3. The topological polar surface area (TPSA) is 95.1 Å². The minimum Gasteiger partial charge on any atom is -0.481 e. The second-order valence-electron chi connectivity index (χ2n) is 8.01. The predicted molar refractivity (Wildman–Crippen MR) is 102 cm³/mol. The van der Waals surface area contributed by atoms with Gasteiger partial charge in [0.2, 0.25) is 11.8 Å². The summed E-state index contributed by atoms with van der Waals surface area (Å²) in [5.74, 6) is -0.368. The Balaban J connectivity index is 1.50. The molecule has 0 bridgehead atoms. The van der Waals surface area contributed by atoms with Gasteiger partial charge in [0, 0.05) is 5.56 Å². The Morgan fingerprint density at radius 3 is 2.55 bits per heavy atom. The number of aromatic nitrogens is 3. The van der Waals surface area contributed by atoms with Crippen LogP contribution in [-0.2, 0) is 4.79 Å². The number of nitrogens with one attached hydrogen (secondary N) is 1. The fraction of sp³-hybridized carbons (Fsp3) is 0.550. The Morgan fingerprint density at radius 2 is 1.97 bits per heavy atom. The second kappa shape index (κ2) is 7.70. The van der Waals surface area contributed by atoms with E-state index in [-0.39, 0.29) is 17.5 Å². The Bertz CT molecular complexity index is 898. The molecule has 1 amide bonds. The summed E-state index contributed by atoms with van der Waals surface area (Å²) in [5, 5.41) is 6.41. The lowest BCUT2D eigenvalue weighted by Crippen LogP contribution is -2.43. The molecule has 2 aromatic rings. The number of nitrogens with two attached hydrogens (primary N) is 1. The third-order valence-corrected chi connectivity index (χ3v) is 5.88. The molecule has 0 spiro atoms. The summed E-state index contributed by atoms with van der Waals surface area (Å²) in [6.45, 7) is 1.71. The van der Waals surface area contributed by atoms with Crippen molar-refractivity contribution in [3.8, 4) is 5.88 Å². The lowest BCUT2D eigenvalue weighted by molar-refractivity contribution is -0.118. The van der Waals surface area contributed by atoms with Crippen LogP contribution in [0.1, 0.15) is 44.2 Å². The molecular formula is C20H25F2N5O2. The highest BCUT2D eigenvalue weighted by Gasteiger charge is 2.46. The van der Waals surface area contributed by atoms with Gasteiger partial charge in [0.25, 0.3) is 5.95 Å². The molecule has 2 heterocycles. The number of hydrogen-bond acceptors (Lipinski definition) is 5. The van der Waals surface area contributed by atoms with E-state index in [4.69, 9.17) is 10.5 Å². The van der Waals surface area contributed by atoms with Gasteiger partial charge in [0.05, 0.1) is 31.6 Å². The SMILES string of the molecule is COc1ncc(F)cc1C(C)n1cc(NC(=O)C(N)C(C2CC2)C2CC2)c(F)n1. The van der Waals surface area contributed by atoms with Gasteiger partial charge in [-0.05, 0) is 56.4 Å². The number of methoxy groups -OCH3 is 1. The first-order valence-electron chi connectivity index (χ1n) is 9.89. The summed E-state index contributed by atoms with van der Waals surface area (Å²) < 4.78 is 34.5. The summed E-state index contributed by atoms with van der Waals surface area (Å²) in [7, 11) is 1.42. The molecule has 2 unspecified atom stereocenters. The zero-order valence-corrected chi connectivity index (χ0v) is 16.4. The van der Waals surface area contributed by atoms with Crippen LogP contribution in [0.15, 0.2) is 18.5 Å². The van der Waals surface area contributed by atoms with Crippen molar-refractivity contribution in [1.82, 2.24) is 14.8 Å². The lowest BCUT2D eigenvalue weighted by Gasteiger charge is -2.22. The van der Waals surface area contributed by atoms with Crippen LogP contribution >= 0.6 is 0 Å². The zero-order valence-electron chi connectivity index (χ0n) is 16.4. The number of ether oxygens (including phenoxy) is 1. The quantitative estimate of drug-likeness (QED) is 0.704. The van der Waals surface area contributed by atoms with E-state index in [0.29, 0.717) is 17.4 Å². The van der Waals surface area contributed by atoms with Gasteiger partial charge in [-0.3, -0.25) is 9.48 Å². The molecular weight excluding hydrogens is 380 g/mol. The molecule has 0 saturated heterocycles. The van der Waals surface area contributed by atoms with Gasteiger partial charge in [0.1, 0.15) is 11.5 Å². The van der Waals surface area contributed by atoms with Crippen molar-refractivity contribution in [2.75, 3.05) is 12.4 Å². The summed E-state index contributed by atoms with van der Waals surface area (Å²) in [4.78, 5) is 16.5. The van der Waals surface area contributed by atoms with Crippen molar-refractivity contribution in [1.29, 1.82) is 0 Å². The van der Waals surface area contributed by atoms with Crippen LogP contribution in [0, 0.1) is 29.5 Å². The van der Waals surface area contributed by atoms with E-state index in [0.717, 1.165) is 31.9 Å². The Morgan fingerprint density at radius 1 is 1.31 bits per heavy atom. The van der Waals surface area contributed by atoms with Crippen molar-refractivity contribution in [2.45, 2.75) is 44.7 Å². The standard InChI is InChI=1S/C20H25F2N5O2/c1-10(14-7-13(21)8-24-20(14)29-2)27-9-15(18(22)26-27)25-19(28)17(23)16(11-3-4-11)12-5-6-12/h7-12,16-17H,3-6,23H2,1-2H3,(H,25,28). The fourth-order valence-electron chi connectivity index (χ4n) is 4.03. The van der Waals surface area contributed by atoms with E-state index in [1.54, 1.807) is 6.92 Å². The fourth-order valence-corrected chi connectivity index (χ4v) is 4.03. The molecule has 4 rings (SSSR count). The van der Waals surface area contributed by atoms with Crippen molar-refractivity contribution in [3.05, 3.63) is 35.8 Å². The number of carbonyl (C=O) groups is 1. The summed E-state index contributed by atoms with van der Waals surface area (Å²) in [6, 6.07) is 0.0375. The van der Waals surface area contributed by atoms with Crippen LogP contribution in [0.2, 0.25) is 0 Å². The molecule has 0 aromatic carbocycles. The lowest BCUT2D eigenvalue weighted by atomic mass is 9.89. The maximum atomic E-state index is 14.4. The van der Waals surface area contributed by atoms with E-state index in [1.165, 1.54) is 24.1 Å². The van der Waals surface area contributed by atoms with Gasteiger partial charge in [-0.15, -0.1) is 5.10 Å². The Hall–Kier alpha value is -2.55. The van der Waals surface area contributed by atoms with Gasteiger partial charge >= 0.3 is 0 Å². The first kappa shape index (κ1) is 19.8. The minimum absolute atomic E-state index is 0.0500. The summed E-state index contributed by atoms with van der Waals surface area (Å²) in [5.41, 5.74) is 6.58. The van der Waals surface area contributed by atoms with Crippen molar-refractivity contribution in [2.24, 2.45) is 23.5 Å². The van der Waals surface area contributed by atoms with Crippen LogP contribution in [0.25, 0.3) is 0 Å². The van der Waals surface area contributed by atoms with E-state index in [9.17, 15) is 13.6 Å². The highest BCUT2D eigenvalue weighted by molar-refractivity contribution is 5.94. The molecule has 156 valence electrons. The molecule has 3 N–H and O–H groups in total. The molecule has 2 atom stereocenters. The van der Waals surface area contributed by atoms with E-state index in [1.807, 2.05) is 0 Å². The van der Waals surface area contributed by atoms with Gasteiger partial charge < -0.3 is 15.8 Å². The largest absolute Gasteiger partial charge is 0.481 e. The van der Waals surface area contributed by atoms with Crippen LogP contribution < -0.4 is 15.8 Å². The van der Waals surface area contributed by atoms with E-state index in [2.05, 4.69) is 15.4 Å². The van der Waals surface area contributed by atoms with Crippen molar-refractivity contribution >= 4 is 11.6 Å². The van der Waals surface area contributed by atoms with Crippen LogP contribution in [0.4, 0.5) is 14.5 Å². The first-order valence-corrected chi connectivity index (χ1v) is 9.89. The average Bonchev–Trinajstić information content (AvgIpc) is 3.62. The number of hydrogen-bond donors (Lipinski definition) is 2. The molecule has 7 nitrogen and oxygen atoms in total. The van der Waals surface area contributed by atoms with Gasteiger partial charge in [0.15, 0.2) is 0 Å². The monoisotopic (exact) mass is 405 g/mol. The molecule has 0 aliphatic heterocycles. The molecule has 2 aliphatic rings. The number of carbonyl (C=O) groups excluding carboxylic acids is 1. The number of anilines is 1. The molecule has 2 saturated carbocycles. The zero-order chi connectivity index (χ0) is 20.7. The number of rotatable bonds is 8. The number of halogens is 2. The third-order valence-electron chi connectivity index (χ3n) is 5.88. The maximum absolute atomic E-state index is 14.4. The Kier molecular flexibility index (Phi) is 5.24. The molecule has 2 fully saturated rings. The van der Waals surface area contributed by atoms with Gasteiger partial charge in [-0.2, -0.15) is 4.39 Å². The van der Waals surface area contributed by atoms with Crippen LogP contribution in [0.3, 0.4) is 0 Å². The third kappa shape index (κ3) is 4.10.